The SMILES string of the molecule is O=C1C=C(CCCSc2ncccc2C(=O)NCc2cccs2)C=CC1. The molecule has 0 aromatic carbocycles. The fourth-order valence-corrected chi connectivity index (χ4v) is 4.17. The van der Waals surface area contributed by atoms with Gasteiger partial charge < -0.3 is 5.32 Å². The highest BCUT2D eigenvalue weighted by molar-refractivity contribution is 7.99. The standard InChI is InChI=1S/C20H20N2O2S2/c23-16-7-1-5-15(13-16)6-3-12-26-20-18(9-2-10-21-20)19(24)22-14-17-8-4-11-25-17/h1-2,4-5,8-11,13H,3,6-7,12,14H2,(H,22,24). The van der Waals surface area contributed by atoms with Crippen LogP contribution in [0.2, 0.25) is 0 Å². The second-order valence-electron chi connectivity index (χ2n) is 5.86. The minimum Gasteiger partial charge on any atom is -0.347 e. The number of aromatic nitrogens is 1. The Labute approximate surface area is 161 Å². The Kier molecular flexibility index (Phi) is 6.80. The monoisotopic (exact) mass is 384 g/mol. The van der Waals surface area contributed by atoms with Gasteiger partial charge in [0.2, 0.25) is 0 Å². The molecule has 1 N–H and O–H groups in total. The van der Waals surface area contributed by atoms with Crippen molar-refractivity contribution in [1.29, 1.82) is 0 Å². The molecule has 6 heteroatoms. The van der Waals surface area contributed by atoms with Gasteiger partial charge in [-0.1, -0.05) is 18.2 Å². The van der Waals surface area contributed by atoms with Gasteiger partial charge in [-0.3, -0.25) is 9.59 Å². The number of thioether (sulfide) groups is 1. The topological polar surface area (TPSA) is 59.1 Å². The van der Waals surface area contributed by atoms with Crippen LogP contribution in [0.5, 0.6) is 0 Å². The van der Waals surface area contributed by atoms with E-state index in [0.717, 1.165) is 34.1 Å². The predicted octanol–water partition coefficient (Wildman–Crippen LogP) is 4.40. The maximum absolute atomic E-state index is 12.5. The molecule has 134 valence electrons. The van der Waals surface area contributed by atoms with Crippen LogP contribution in [0.25, 0.3) is 0 Å². The van der Waals surface area contributed by atoms with Gasteiger partial charge in [0, 0.05) is 17.5 Å². The van der Waals surface area contributed by atoms with Crippen molar-refractivity contribution in [3.63, 3.8) is 0 Å². The Morgan fingerprint density at radius 1 is 1.31 bits per heavy atom. The Hall–Kier alpha value is -2.18. The van der Waals surface area contributed by atoms with Gasteiger partial charge in [-0.25, -0.2) is 4.98 Å². The molecule has 2 aromatic heterocycles. The van der Waals surface area contributed by atoms with Crippen LogP contribution in [0, 0.1) is 0 Å². The number of rotatable bonds is 8. The number of hydrogen-bond donors (Lipinski definition) is 1. The molecule has 2 heterocycles. The van der Waals surface area contributed by atoms with Gasteiger partial charge >= 0.3 is 0 Å². The summed E-state index contributed by atoms with van der Waals surface area (Å²) in [6.45, 7) is 0.532. The number of hydrogen-bond acceptors (Lipinski definition) is 5. The van der Waals surface area contributed by atoms with Crippen molar-refractivity contribution >= 4 is 34.8 Å². The smallest absolute Gasteiger partial charge is 0.254 e. The number of nitrogens with one attached hydrogen (secondary N) is 1. The molecule has 2 aromatic rings. The summed E-state index contributed by atoms with van der Waals surface area (Å²) in [5.74, 6) is 0.920. The lowest BCUT2D eigenvalue weighted by molar-refractivity contribution is -0.113. The lowest BCUT2D eigenvalue weighted by Gasteiger charge is -2.09. The highest BCUT2D eigenvalue weighted by atomic mass is 32.2. The van der Waals surface area contributed by atoms with Gasteiger partial charge in [-0.05, 0) is 53.8 Å². The van der Waals surface area contributed by atoms with E-state index < -0.39 is 0 Å². The number of pyridine rings is 1. The van der Waals surface area contributed by atoms with E-state index >= 15 is 0 Å². The minimum atomic E-state index is -0.0995. The fourth-order valence-electron chi connectivity index (χ4n) is 2.60. The van der Waals surface area contributed by atoms with E-state index in [1.807, 2.05) is 35.7 Å². The van der Waals surface area contributed by atoms with Crippen molar-refractivity contribution in [2.24, 2.45) is 0 Å². The first-order chi connectivity index (χ1) is 12.7. The molecule has 1 aliphatic carbocycles. The highest BCUT2D eigenvalue weighted by Gasteiger charge is 2.13. The summed E-state index contributed by atoms with van der Waals surface area (Å²) in [6, 6.07) is 7.57. The molecular weight excluding hydrogens is 364 g/mol. The van der Waals surface area contributed by atoms with Gasteiger partial charge in [0.1, 0.15) is 5.03 Å². The van der Waals surface area contributed by atoms with Crippen LogP contribution < -0.4 is 5.32 Å². The summed E-state index contributed by atoms with van der Waals surface area (Å²) >= 11 is 3.21. The summed E-state index contributed by atoms with van der Waals surface area (Å²) in [5.41, 5.74) is 1.69. The van der Waals surface area contributed by atoms with Crippen molar-refractivity contribution in [2.75, 3.05) is 5.75 Å². The molecule has 0 fully saturated rings. The van der Waals surface area contributed by atoms with Crippen LogP contribution in [0.4, 0.5) is 0 Å². The largest absolute Gasteiger partial charge is 0.347 e. The average molecular weight is 385 g/mol. The normalized spacial score (nSPS) is 13.5. The van der Waals surface area contributed by atoms with Crippen LogP contribution in [0.15, 0.2) is 64.7 Å². The van der Waals surface area contributed by atoms with E-state index in [2.05, 4.69) is 10.3 Å². The third kappa shape index (κ3) is 5.41. The van der Waals surface area contributed by atoms with Crippen molar-refractivity contribution in [3.05, 3.63) is 70.1 Å². The first-order valence-electron chi connectivity index (χ1n) is 8.51. The van der Waals surface area contributed by atoms with Gasteiger partial charge in [-0.2, -0.15) is 0 Å². The van der Waals surface area contributed by atoms with E-state index in [-0.39, 0.29) is 11.7 Å². The van der Waals surface area contributed by atoms with E-state index in [9.17, 15) is 9.59 Å². The molecule has 1 amide bonds. The van der Waals surface area contributed by atoms with E-state index in [0.29, 0.717) is 18.5 Å². The quantitative estimate of drug-likeness (QED) is 0.541. The van der Waals surface area contributed by atoms with Crippen LogP contribution in [-0.4, -0.2) is 22.4 Å². The third-order valence-electron chi connectivity index (χ3n) is 3.86. The third-order valence-corrected chi connectivity index (χ3v) is 5.83. The zero-order valence-corrected chi connectivity index (χ0v) is 15.9. The van der Waals surface area contributed by atoms with Crippen molar-refractivity contribution in [1.82, 2.24) is 10.3 Å². The number of thiophene rings is 1. The summed E-state index contributed by atoms with van der Waals surface area (Å²) in [6.07, 6.45) is 9.69. The highest BCUT2D eigenvalue weighted by Crippen LogP contribution is 2.23. The zero-order valence-electron chi connectivity index (χ0n) is 14.3. The first-order valence-corrected chi connectivity index (χ1v) is 10.4. The summed E-state index contributed by atoms with van der Waals surface area (Å²) < 4.78 is 0. The lowest BCUT2D eigenvalue weighted by atomic mass is 10.0. The predicted molar refractivity (Wildman–Crippen MR) is 107 cm³/mol. The second-order valence-corrected chi connectivity index (χ2v) is 7.98. The van der Waals surface area contributed by atoms with Crippen LogP contribution >= 0.6 is 23.1 Å². The fraction of sp³-hybridized carbons (Fsp3) is 0.250. The molecule has 1 aliphatic rings. The van der Waals surface area contributed by atoms with Crippen LogP contribution in [-0.2, 0) is 11.3 Å². The summed E-state index contributed by atoms with van der Waals surface area (Å²) in [7, 11) is 0. The maximum atomic E-state index is 12.5. The zero-order chi connectivity index (χ0) is 18.2. The van der Waals surface area contributed by atoms with Crippen LogP contribution in [0.1, 0.15) is 34.5 Å². The molecule has 0 bridgehead atoms. The molecule has 0 saturated heterocycles. The van der Waals surface area contributed by atoms with E-state index in [1.165, 1.54) is 0 Å². The number of allylic oxidation sites excluding steroid dienone is 4. The number of ketones is 1. The Bertz CT molecular complexity index is 826. The molecule has 4 nitrogen and oxygen atoms in total. The molecular formula is C20H20N2O2S2. The molecule has 0 radical (unpaired) electrons. The number of nitrogens with zero attached hydrogens (tertiary/aromatic N) is 1. The molecule has 0 saturated carbocycles. The van der Waals surface area contributed by atoms with Crippen LogP contribution in [0.3, 0.4) is 0 Å². The summed E-state index contributed by atoms with van der Waals surface area (Å²) in [5, 5.41) is 5.70. The number of carbonyl (C=O) groups excluding carboxylic acids is 2. The Morgan fingerprint density at radius 2 is 2.23 bits per heavy atom. The van der Waals surface area contributed by atoms with Gasteiger partial charge in [0.05, 0.1) is 12.1 Å². The lowest BCUT2D eigenvalue weighted by Crippen LogP contribution is -2.23. The number of carbonyl (C=O) groups is 2. The molecule has 26 heavy (non-hydrogen) atoms. The Balaban J connectivity index is 1.51. The van der Waals surface area contributed by atoms with E-state index in [4.69, 9.17) is 0 Å². The average Bonchev–Trinajstić information content (AvgIpc) is 3.17. The van der Waals surface area contributed by atoms with E-state index in [1.54, 1.807) is 41.4 Å². The first kappa shape index (κ1) is 18.6. The van der Waals surface area contributed by atoms with Gasteiger partial charge in [0.15, 0.2) is 5.78 Å². The molecule has 0 unspecified atom stereocenters. The summed E-state index contributed by atoms with van der Waals surface area (Å²) in [4.78, 5) is 29.4. The van der Waals surface area contributed by atoms with Crippen molar-refractivity contribution < 1.29 is 9.59 Å². The molecule has 0 aliphatic heterocycles. The van der Waals surface area contributed by atoms with Crippen molar-refractivity contribution in [2.45, 2.75) is 30.8 Å². The van der Waals surface area contributed by atoms with Crippen molar-refractivity contribution in [3.8, 4) is 0 Å². The number of amides is 1. The molecule has 3 rings (SSSR count). The van der Waals surface area contributed by atoms with Gasteiger partial charge in [0.25, 0.3) is 5.91 Å². The molecule has 0 atom stereocenters. The Morgan fingerprint density at radius 3 is 3.04 bits per heavy atom. The second kappa shape index (κ2) is 9.50. The molecule has 0 spiro atoms. The van der Waals surface area contributed by atoms with Gasteiger partial charge in [-0.15, -0.1) is 23.1 Å². The maximum Gasteiger partial charge on any atom is 0.254 e. The minimum absolute atomic E-state index is 0.0995.